The largest absolute Gasteiger partial charge is 0.448 e. The van der Waals surface area contributed by atoms with Crippen molar-refractivity contribution in [3.63, 3.8) is 0 Å². The van der Waals surface area contributed by atoms with Gasteiger partial charge in [-0.1, -0.05) is 60.7 Å². The summed E-state index contributed by atoms with van der Waals surface area (Å²) in [5, 5.41) is 11.9. The second kappa shape index (κ2) is 7.79. The topological polar surface area (TPSA) is 123 Å². The highest BCUT2D eigenvalue weighted by Crippen LogP contribution is 2.51. The van der Waals surface area contributed by atoms with Crippen LogP contribution in [0.4, 0.5) is 5.95 Å². The third kappa shape index (κ3) is 2.98. The Morgan fingerprint density at radius 2 is 1.81 bits per heavy atom. The third-order valence-electron chi connectivity index (χ3n) is 5.96. The molecule has 0 spiro atoms. The van der Waals surface area contributed by atoms with Crippen molar-refractivity contribution in [2.24, 2.45) is 5.73 Å². The van der Waals surface area contributed by atoms with Crippen molar-refractivity contribution in [3.05, 3.63) is 90.9 Å². The Kier molecular flexibility index (Phi) is 4.93. The molecule has 3 N–H and O–H groups in total. The molecule has 2 aromatic heterocycles. The fraction of sp³-hybridized carbons (Fsp3) is 0.217. The number of benzene rings is 2. The van der Waals surface area contributed by atoms with Crippen molar-refractivity contribution in [2.75, 3.05) is 18.6 Å². The SMILES string of the molecule is COC1(O)C(c2cnco2)CN(c2ncnc(-c3ccccc3)n2)C1(N)c1ccccc1. The van der Waals surface area contributed by atoms with Gasteiger partial charge in [-0.2, -0.15) is 4.98 Å². The minimum Gasteiger partial charge on any atom is -0.448 e. The number of methoxy groups -OCH3 is 1. The van der Waals surface area contributed by atoms with Crippen LogP contribution < -0.4 is 10.6 Å². The number of nitrogens with two attached hydrogens (primary N) is 1. The first-order chi connectivity index (χ1) is 15.6. The molecule has 2 aromatic carbocycles. The monoisotopic (exact) mass is 430 g/mol. The van der Waals surface area contributed by atoms with Crippen LogP contribution in [-0.2, 0) is 10.4 Å². The van der Waals surface area contributed by atoms with Gasteiger partial charge in [0.15, 0.2) is 17.9 Å². The normalized spacial score (nSPS) is 25.2. The van der Waals surface area contributed by atoms with Crippen molar-refractivity contribution in [2.45, 2.75) is 17.4 Å². The molecule has 3 unspecified atom stereocenters. The first-order valence-electron chi connectivity index (χ1n) is 10.1. The Balaban J connectivity index is 1.68. The molecule has 162 valence electrons. The van der Waals surface area contributed by atoms with E-state index in [1.54, 1.807) is 11.1 Å². The summed E-state index contributed by atoms with van der Waals surface area (Å²) >= 11 is 0. The molecule has 3 heterocycles. The molecule has 1 aliphatic heterocycles. The lowest BCUT2D eigenvalue weighted by Gasteiger charge is -2.43. The standard InChI is InChI=1S/C23H22N6O3/c1-31-23(30)18(19-12-25-15-32-19)13-29(22(23,24)17-10-6-3-7-11-17)21-27-14-26-20(28-21)16-8-4-2-5-9-16/h2-12,14-15,18,30H,13,24H2,1H3. The molecule has 0 saturated carbocycles. The number of oxazole rings is 1. The van der Waals surface area contributed by atoms with Crippen molar-refractivity contribution >= 4 is 5.95 Å². The lowest BCUT2D eigenvalue weighted by molar-refractivity contribution is -0.230. The third-order valence-corrected chi connectivity index (χ3v) is 5.96. The van der Waals surface area contributed by atoms with Gasteiger partial charge < -0.3 is 24.9 Å². The number of hydrogen-bond acceptors (Lipinski definition) is 9. The summed E-state index contributed by atoms with van der Waals surface area (Å²) in [5.41, 5.74) is 6.96. The van der Waals surface area contributed by atoms with E-state index in [9.17, 15) is 5.11 Å². The molecule has 0 bridgehead atoms. The van der Waals surface area contributed by atoms with Gasteiger partial charge in [-0.3, -0.25) is 0 Å². The summed E-state index contributed by atoms with van der Waals surface area (Å²) in [7, 11) is 1.42. The maximum Gasteiger partial charge on any atom is 0.230 e. The van der Waals surface area contributed by atoms with E-state index in [1.807, 2.05) is 60.7 Å². The summed E-state index contributed by atoms with van der Waals surface area (Å²) in [4.78, 5) is 19.1. The highest BCUT2D eigenvalue weighted by Gasteiger charge is 2.66. The second-order valence-electron chi connectivity index (χ2n) is 7.58. The Bertz CT molecular complexity index is 1190. The maximum atomic E-state index is 11.9. The van der Waals surface area contributed by atoms with Crippen LogP contribution >= 0.6 is 0 Å². The van der Waals surface area contributed by atoms with Gasteiger partial charge in [-0.05, 0) is 5.56 Å². The van der Waals surface area contributed by atoms with Crippen LogP contribution in [0.15, 0.2) is 84.0 Å². The molecule has 0 amide bonds. The Morgan fingerprint density at radius 1 is 1.09 bits per heavy atom. The zero-order chi connectivity index (χ0) is 22.2. The summed E-state index contributed by atoms with van der Waals surface area (Å²) in [6.07, 6.45) is 4.29. The van der Waals surface area contributed by atoms with Gasteiger partial charge in [0.1, 0.15) is 12.1 Å². The quantitative estimate of drug-likeness (QED) is 0.459. The molecule has 0 radical (unpaired) electrons. The van der Waals surface area contributed by atoms with Crippen molar-refractivity contribution in [1.82, 2.24) is 19.9 Å². The van der Waals surface area contributed by atoms with Crippen LogP contribution in [0.25, 0.3) is 11.4 Å². The van der Waals surface area contributed by atoms with E-state index in [0.29, 0.717) is 23.1 Å². The van der Waals surface area contributed by atoms with Crippen molar-refractivity contribution in [3.8, 4) is 11.4 Å². The van der Waals surface area contributed by atoms with E-state index in [-0.39, 0.29) is 6.54 Å². The summed E-state index contributed by atoms with van der Waals surface area (Å²) in [5.74, 6) is -1.28. The van der Waals surface area contributed by atoms with Crippen LogP contribution in [-0.4, -0.2) is 44.5 Å². The minimum absolute atomic E-state index is 0.225. The number of aromatic nitrogens is 4. The van der Waals surface area contributed by atoms with Gasteiger partial charge in [0, 0.05) is 19.2 Å². The Labute approximate surface area is 184 Å². The first-order valence-corrected chi connectivity index (χ1v) is 10.1. The summed E-state index contributed by atoms with van der Waals surface area (Å²) in [6.45, 7) is 0.225. The van der Waals surface area contributed by atoms with Crippen molar-refractivity contribution in [1.29, 1.82) is 0 Å². The van der Waals surface area contributed by atoms with Crippen molar-refractivity contribution < 1.29 is 14.3 Å². The zero-order valence-electron chi connectivity index (χ0n) is 17.4. The summed E-state index contributed by atoms with van der Waals surface area (Å²) in [6, 6.07) is 18.8. The number of rotatable bonds is 5. The van der Waals surface area contributed by atoms with E-state index in [4.69, 9.17) is 14.9 Å². The Hall–Kier alpha value is -3.66. The molecule has 5 rings (SSSR count). The minimum atomic E-state index is -1.87. The molecule has 32 heavy (non-hydrogen) atoms. The van der Waals surface area contributed by atoms with Gasteiger partial charge in [0.05, 0.1) is 12.1 Å². The Morgan fingerprint density at radius 3 is 2.47 bits per heavy atom. The molecule has 9 nitrogen and oxygen atoms in total. The second-order valence-corrected chi connectivity index (χ2v) is 7.58. The lowest BCUT2D eigenvalue weighted by Crippen LogP contribution is -2.64. The molecule has 4 aromatic rings. The number of nitrogens with zero attached hydrogens (tertiary/aromatic N) is 5. The van der Waals surface area contributed by atoms with E-state index in [1.165, 1.54) is 19.8 Å². The van der Waals surface area contributed by atoms with Gasteiger partial charge in [0.2, 0.25) is 11.7 Å². The first kappa shape index (κ1) is 20.3. The van der Waals surface area contributed by atoms with Crippen LogP contribution in [0, 0.1) is 0 Å². The predicted octanol–water partition coefficient (Wildman–Crippen LogP) is 2.28. The number of anilines is 1. The molecular weight excluding hydrogens is 408 g/mol. The van der Waals surface area contributed by atoms with Crippen LogP contribution in [0.2, 0.25) is 0 Å². The highest BCUT2D eigenvalue weighted by molar-refractivity contribution is 5.57. The van der Waals surface area contributed by atoms with Crippen LogP contribution in [0.3, 0.4) is 0 Å². The van der Waals surface area contributed by atoms with E-state index in [0.717, 1.165) is 5.56 Å². The molecule has 9 heteroatoms. The van der Waals surface area contributed by atoms with E-state index >= 15 is 0 Å². The number of ether oxygens (including phenoxy) is 1. The van der Waals surface area contributed by atoms with E-state index in [2.05, 4.69) is 19.9 Å². The van der Waals surface area contributed by atoms with Gasteiger partial charge in [0.25, 0.3) is 0 Å². The predicted molar refractivity (Wildman–Crippen MR) is 116 cm³/mol. The molecule has 1 aliphatic rings. The number of aliphatic hydroxyl groups is 1. The van der Waals surface area contributed by atoms with E-state index < -0.39 is 17.4 Å². The lowest BCUT2D eigenvalue weighted by atomic mass is 9.85. The van der Waals surface area contributed by atoms with Gasteiger partial charge in [-0.15, -0.1) is 0 Å². The average molecular weight is 430 g/mol. The highest BCUT2D eigenvalue weighted by atomic mass is 16.6. The van der Waals surface area contributed by atoms with Crippen LogP contribution in [0.5, 0.6) is 0 Å². The van der Waals surface area contributed by atoms with Gasteiger partial charge in [-0.25, -0.2) is 15.0 Å². The maximum absolute atomic E-state index is 11.9. The smallest absolute Gasteiger partial charge is 0.230 e. The fourth-order valence-corrected chi connectivity index (χ4v) is 4.33. The molecule has 1 saturated heterocycles. The van der Waals surface area contributed by atoms with Gasteiger partial charge >= 0.3 is 0 Å². The molecular formula is C23H22N6O3. The molecule has 0 aliphatic carbocycles. The average Bonchev–Trinajstić information content (AvgIpc) is 3.46. The zero-order valence-corrected chi connectivity index (χ0v) is 17.4. The summed E-state index contributed by atoms with van der Waals surface area (Å²) < 4.78 is 11.2. The molecule has 1 fully saturated rings. The van der Waals surface area contributed by atoms with Crippen LogP contribution in [0.1, 0.15) is 17.2 Å². The fourth-order valence-electron chi connectivity index (χ4n) is 4.33. The number of hydrogen-bond donors (Lipinski definition) is 2. The molecule has 3 atom stereocenters.